The summed E-state index contributed by atoms with van der Waals surface area (Å²) in [5.74, 6) is -0.602. The number of nitrogen functional groups attached to an aromatic ring is 2. The minimum atomic E-state index is -0.843. The molecule has 0 aliphatic rings. The van der Waals surface area contributed by atoms with Crippen molar-refractivity contribution in [3.63, 3.8) is 0 Å². The Morgan fingerprint density at radius 2 is 2.11 bits per heavy atom. The van der Waals surface area contributed by atoms with Crippen LogP contribution in [0.4, 0.5) is 11.7 Å². The minimum absolute atomic E-state index is 0.00463. The number of rotatable bonds is 0. The molecule has 5 N–H and O–H groups in total. The molecule has 0 aromatic carbocycles. The number of oxazole rings is 1. The number of hydrogen-bond donors (Lipinski definition) is 3. The predicted octanol–water partition coefficient (Wildman–Crippen LogP) is -1.22. The summed E-state index contributed by atoms with van der Waals surface area (Å²) < 4.78 is 4.20. The lowest BCUT2D eigenvalue weighted by Gasteiger charge is -1.92. The Bertz CT molecular complexity index is 208. The van der Waals surface area contributed by atoms with Gasteiger partial charge in [0, 0.05) is 0 Å². The first-order valence-corrected chi connectivity index (χ1v) is 2.09. The molecule has 0 radical (unpaired) electrons. The lowest BCUT2D eigenvalue weighted by molar-refractivity contribution is -0.603. The summed E-state index contributed by atoms with van der Waals surface area (Å²) in [6, 6.07) is 0. The molecule has 50 valence electrons. The van der Waals surface area contributed by atoms with Crippen molar-refractivity contribution >= 4 is 11.7 Å². The molecule has 0 fully saturated rings. The monoisotopic (exact) mass is 131 g/mol. The molecule has 0 aliphatic heterocycles. The molecule has 0 amide bonds. The molecule has 0 aliphatic carbocycles. The van der Waals surface area contributed by atoms with Gasteiger partial charge in [0.2, 0.25) is 0 Å². The summed E-state index contributed by atoms with van der Waals surface area (Å²) in [5, 5.41) is 18.8. The normalized spacial score (nSPS) is 9.78. The van der Waals surface area contributed by atoms with Crippen molar-refractivity contribution in [1.82, 2.24) is 0 Å². The van der Waals surface area contributed by atoms with Gasteiger partial charge in [-0.2, -0.15) is 4.73 Å². The van der Waals surface area contributed by atoms with Crippen LogP contribution in [0.5, 0.6) is 6.08 Å². The largest absolute Gasteiger partial charge is 0.706 e. The van der Waals surface area contributed by atoms with Crippen LogP contribution >= 0.6 is 0 Å². The van der Waals surface area contributed by atoms with Gasteiger partial charge in [-0.25, -0.2) is 0 Å². The SMILES string of the molecule is Nc1oc(O)[n+]([O-])c1N. The summed E-state index contributed by atoms with van der Waals surface area (Å²) in [4.78, 5) is 0. The summed E-state index contributed by atoms with van der Waals surface area (Å²) in [5.41, 5.74) is 9.94. The molecule has 1 heterocycles. The number of anilines is 2. The third-order valence-electron chi connectivity index (χ3n) is 0.846. The zero-order valence-electron chi connectivity index (χ0n) is 4.37. The van der Waals surface area contributed by atoms with Crippen LogP contribution in [0.25, 0.3) is 0 Å². The van der Waals surface area contributed by atoms with Crippen LogP contribution in [0.3, 0.4) is 0 Å². The van der Waals surface area contributed by atoms with Gasteiger partial charge in [0.15, 0.2) is 0 Å². The minimum Gasteiger partial charge on any atom is -0.706 e. The molecular weight excluding hydrogens is 126 g/mol. The second kappa shape index (κ2) is 1.44. The van der Waals surface area contributed by atoms with E-state index in [0.717, 1.165) is 0 Å². The summed E-state index contributed by atoms with van der Waals surface area (Å²) in [6.45, 7) is 0. The maximum Gasteiger partial charge on any atom is 0.472 e. The lowest BCUT2D eigenvalue weighted by Crippen LogP contribution is -2.27. The summed E-state index contributed by atoms with van der Waals surface area (Å²) in [6.07, 6.45) is -0.843. The van der Waals surface area contributed by atoms with Crippen molar-refractivity contribution in [2.24, 2.45) is 0 Å². The quantitative estimate of drug-likeness (QED) is 0.302. The van der Waals surface area contributed by atoms with Gasteiger partial charge in [-0.1, -0.05) is 0 Å². The Balaban J connectivity index is 3.29. The van der Waals surface area contributed by atoms with Gasteiger partial charge in [-0.05, 0) is 0 Å². The maximum atomic E-state index is 10.4. The number of hydrogen-bond acceptors (Lipinski definition) is 5. The summed E-state index contributed by atoms with van der Waals surface area (Å²) >= 11 is 0. The molecule has 0 unspecified atom stereocenters. The van der Waals surface area contributed by atoms with E-state index >= 15 is 0 Å². The zero-order valence-corrected chi connectivity index (χ0v) is 4.37. The molecule has 6 nitrogen and oxygen atoms in total. The molecule has 1 aromatic heterocycles. The van der Waals surface area contributed by atoms with Gasteiger partial charge < -0.3 is 20.5 Å². The second-order valence-corrected chi connectivity index (χ2v) is 1.43. The highest BCUT2D eigenvalue weighted by Gasteiger charge is 2.14. The van der Waals surface area contributed by atoms with Crippen molar-refractivity contribution in [2.45, 2.75) is 0 Å². The number of nitrogens with two attached hydrogens (primary N) is 2. The lowest BCUT2D eigenvalue weighted by atomic mass is 10.7. The fraction of sp³-hybridized carbons (Fsp3) is 0. The van der Waals surface area contributed by atoms with Crippen LogP contribution in [-0.4, -0.2) is 5.11 Å². The Hall–Kier alpha value is -1.59. The van der Waals surface area contributed by atoms with Crippen molar-refractivity contribution < 1.29 is 14.3 Å². The standard InChI is InChI=1S/C3H5N3O3/c4-1-2(5)9-3(7)6(1)8/h7H,4-5H2. The second-order valence-electron chi connectivity index (χ2n) is 1.43. The highest BCUT2D eigenvalue weighted by Crippen LogP contribution is 2.15. The van der Waals surface area contributed by atoms with Crippen LogP contribution in [0.2, 0.25) is 0 Å². The van der Waals surface area contributed by atoms with Crippen LogP contribution in [-0.2, 0) is 0 Å². The van der Waals surface area contributed by atoms with E-state index in [1.165, 1.54) is 0 Å². The smallest absolute Gasteiger partial charge is 0.472 e. The Labute approximate surface area is 49.9 Å². The average Bonchev–Trinajstić information content (AvgIpc) is 1.98. The van der Waals surface area contributed by atoms with Crippen molar-refractivity contribution in [2.75, 3.05) is 11.5 Å². The number of nitrogens with zero attached hydrogens (tertiary/aromatic N) is 1. The number of aromatic nitrogens is 1. The van der Waals surface area contributed by atoms with E-state index in [4.69, 9.17) is 16.6 Å². The maximum absolute atomic E-state index is 10.4. The molecule has 1 aromatic rings. The van der Waals surface area contributed by atoms with E-state index in [9.17, 15) is 5.21 Å². The Morgan fingerprint density at radius 3 is 2.22 bits per heavy atom. The van der Waals surface area contributed by atoms with Gasteiger partial charge in [-0.3, -0.25) is 5.73 Å². The van der Waals surface area contributed by atoms with E-state index in [-0.39, 0.29) is 16.4 Å². The molecule has 0 atom stereocenters. The van der Waals surface area contributed by atoms with E-state index < -0.39 is 6.08 Å². The molecule has 0 saturated carbocycles. The fourth-order valence-corrected chi connectivity index (χ4v) is 0.395. The van der Waals surface area contributed by atoms with Crippen LogP contribution in [0, 0.1) is 5.21 Å². The first-order valence-electron chi connectivity index (χ1n) is 2.09. The van der Waals surface area contributed by atoms with Gasteiger partial charge in [0.1, 0.15) is 0 Å². The van der Waals surface area contributed by atoms with Crippen LogP contribution in [0.15, 0.2) is 4.42 Å². The van der Waals surface area contributed by atoms with Gasteiger partial charge in [0.05, 0.1) is 0 Å². The highest BCUT2D eigenvalue weighted by atomic mass is 16.6. The molecule has 6 heteroatoms. The fourth-order valence-electron chi connectivity index (χ4n) is 0.395. The van der Waals surface area contributed by atoms with Crippen molar-refractivity contribution in [3.8, 4) is 6.08 Å². The highest BCUT2D eigenvalue weighted by molar-refractivity contribution is 5.45. The van der Waals surface area contributed by atoms with Crippen molar-refractivity contribution in [3.05, 3.63) is 5.21 Å². The third-order valence-corrected chi connectivity index (χ3v) is 0.846. The van der Waals surface area contributed by atoms with Crippen LogP contribution in [0.1, 0.15) is 0 Å². The molecule has 0 bridgehead atoms. The molecule has 0 spiro atoms. The summed E-state index contributed by atoms with van der Waals surface area (Å²) in [7, 11) is 0. The molecular formula is C3H5N3O3. The van der Waals surface area contributed by atoms with Crippen molar-refractivity contribution in [1.29, 1.82) is 0 Å². The van der Waals surface area contributed by atoms with Gasteiger partial charge in [0.25, 0.3) is 5.88 Å². The van der Waals surface area contributed by atoms with Gasteiger partial charge >= 0.3 is 11.9 Å². The van der Waals surface area contributed by atoms with E-state index in [1.54, 1.807) is 0 Å². The zero-order chi connectivity index (χ0) is 7.02. The van der Waals surface area contributed by atoms with Gasteiger partial charge in [-0.15, -0.1) is 0 Å². The molecule has 1 rings (SSSR count). The van der Waals surface area contributed by atoms with E-state index in [0.29, 0.717) is 0 Å². The van der Waals surface area contributed by atoms with E-state index in [2.05, 4.69) is 4.42 Å². The predicted molar refractivity (Wildman–Crippen MR) is 28.2 cm³/mol. The number of aromatic hydroxyl groups is 1. The first kappa shape index (κ1) is 5.54. The Morgan fingerprint density at radius 1 is 1.56 bits per heavy atom. The Kier molecular flexibility index (Phi) is 0.888. The van der Waals surface area contributed by atoms with E-state index in [1.807, 2.05) is 0 Å². The van der Waals surface area contributed by atoms with Crippen LogP contribution < -0.4 is 16.2 Å². The third kappa shape index (κ3) is 0.600. The topological polar surface area (TPSA) is 112 Å². The molecule has 9 heavy (non-hydrogen) atoms. The molecule has 0 saturated heterocycles. The average molecular weight is 131 g/mol. The first-order chi connectivity index (χ1) is 4.13.